The highest BCUT2D eigenvalue weighted by molar-refractivity contribution is 9.10. The molecular weight excluding hydrogens is 273 g/mol. The Labute approximate surface area is 104 Å². The van der Waals surface area contributed by atoms with Crippen LogP contribution in [0.15, 0.2) is 22.7 Å². The maximum atomic E-state index is 13.6. The minimum atomic E-state index is -0.145. The lowest BCUT2D eigenvalue weighted by Crippen LogP contribution is -2.40. The normalized spacial score (nSPS) is 22.3. The number of rotatable bonds is 2. The molecule has 2 rings (SSSR count). The summed E-state index contributed by atoms with van der Waals surface area (Å²) in [4.78, 5) is 2.22. The summed E-state index contributed by atoms with van der Waals surface area (Å²) in [5.74, 6) is -0.145. The predicted molar refractivity (Wildman–Crippen MR) is 64.8 cm³/mol. The SMILES string of the molecule is CC1CN(Cc2ccc(Br)cc2F)CCO1. The Kier molecular flexibility index (Phi) is 3.95. The summed E-state index contributed by atoms with van der Waals surface area (Å²) in [5.41, 5.74) is 0.748. The zero-order chi connectivity index (χ0) is 11.5. The van der Waals surface area contributed by atoms with E-state index in [9.17, 15) is 4.39 Å². The Bertz CT molecular complexity index is 372. The van der Waals surface area contributed by atoms with Crippen molar-refractivity contribution in [2.45, 2.75) is 19.6 Å². The van der Waals surface area contributed by atoms with E-state index in [1.807, 2.05) is 19.1 Å². The molecule has 2 nitrogen and oxygen atoms in total. The first kappa shape index (κ1) is 12.0. The molecule has 0 saturated carbocycles. The lowest BCUT2D eigenvalue weighted by Gasteiger charge is -2.31. The van der Waals surface area contributed by atoms with Gasteiger partial charge in [-0.15, -0.1) is 0 Å². The molecule has 1 unspecified atom stereocenters. The van der Waals surface area contributed by atoms with E-state index < -0.39 is 0 Å². The van der Waals surface area contributed by atoms with E-state index in [0.717, 1.165) is 29.7 Å². The van der Waals surface area contributed by atoms with Crippen LogP contribution in [0.5, 0.6) is 0 Å². The van der Waals surface area contributed by atoms with Crippen molar-refractivity contribution in [3.05, 3.63) is 34.1 Å². The van der Waals surface area contributed by atoms with Crippen LogP contribution in [0.3, 0.4) is 0 Å². The second kappa shape index (κ2) is 5.25. The molecule has 0 bridgehead atoms. The summed E-state index contributed by atoms with van der Waals surface area (Å²) in [6.45, 7) is 5.19. The first-order valence-electron chi connectivity index (χ1n) is 5.43. The largest absolute Gasteiger partial charge is 0.376 e. The minimum absolute atomic E-state index is 0.145. The van der Waals surface area contributed by atoms with Gasteiger partial charge in [0, 0.05) is 29.7 Å². The third-order valence-corrected chi connectivity index (χ3v) is 3.23. The van der Waals surface area contributed by atoms with E-state index in [-0.39, 0.29) is 11.9 Å². The fourth-order valence-electron chi connectivity index (χ4n) is 1.93. The van der Waals surface area contributed by atoms with E-state index in [1.165, 1.54) is 6.07 Å². The zero-order valence-electron chi connectivity index (χ0n) is 9.25. The third kappa shape index (κ3) is 3.03. The van der Waals surface area contributed by atoms with Crippen molar-refractivity contribution in [1.82, 2.24) is 4.90 Å². The number of hydrogen-bond acceptors (Lipinski definition) is 2. The van der Waals surface area contributed by atoms with E-state index in [2.05, 4.69) is 20.8 Å². The zero-order valence-corrected chi connectivity index (χ0v) is 10.8. The van der Waals surface area contributed by atoms with Gasteiger partial charge in [0.15, 0.2) is 0 Å². The average Bonchev–Trinajstić information content (AvgIpc) is 2.22. The lowest BCUT2D eigenvalue weighted by molar-refractivity contribution is -0.0215. The highest BCUT2D eigenvalue weighted by Crippen LogP contribution is 2.17. The molecular formula is C12H15BrFNO. The summed E-state index contributed by atoms with van der Waals surface area (Å²) in [6.07, 6.45) is 0.243. The standard InChI is InChI=1S/C12H15BrFNO/c1-9-7-15(4-5-16-9)8-10-2-3-11(13)6-12(10)14/h2-3,6,9H,4-5,7-8H2,1H3. The van der Waals surface area contributed by atoms with Crippen molar-refractivity contribution in [1.29, 1.82) is 0 Å². The molecule has 1 saturated heterocycles. The molecule has 0 spiro atoms. The molecule has 1 fully saturated rings. The van der Waals surface area contributed by atoms with Crippen molar-refractivity contribution < 1.29 is 9.13 Å². The topological polar surface area (TPSA) is 12.5 Å². The van der Waals surface area contributed by atoms with Crippen LogP contribution in [-0.4, -0.2) is 30.7 Å². The molecule has 0 aromatic heterocycles. The van der Waals surface area contributed by atoms with Gasteiger partial charge in [-0.05, 0) is 19.1 Å². The first-order valence-corrected chi connectivity index (χ1v) is 6.22. The molecule has 1 aliphatic rings. The number of hydrogen-bond donors (Lipinski definition) is 0. The monoisotopic (exact) mass is 287 g/mol. The van der Waals surface area contributed by atoms with Crippen molar-refractivity contribution in [2.75, 3.05) is 19.7 Å². The number of morpholine rings is 1. The van der Waals surface area contributed by atoms with E-state index in [1.54, 1.807) is 0 Å². The van der Waals surface area contributed by atoms with Crippen LogP contribution >= 0.6 is 15.9 Å². The Morgan fingerprint density at radius 2 is 2.38 bits per heavy atom. The molecule has 1 aromatic carbocycles. The van der Waals surface area contributed by atoms with Gasteiger partial charge in [0.25, 0.3) is 0 Å². The van der Waals surface area contributed by atoms with E-state index in [4.69, 9.17) is 4.74 Å². The predicted octanol–water partition coefficient (Wildman–Crippen LogP) is 2.81. The van der Waals surface area contributed by atoms with Gasteiger partial charge >= 0.3 is 0 Å². The second-order valence-electron chi connectivity index (χ2n) is 4.15. The summed E-state index contributed by atoms with van der Waals surface area (Å²) >= 11 is 3.26. The number of benzene rings is 1. The van der Waals surface area contributed by atoms with Crippen LogP contribution in [0.1, 0.15) is 12.5 Å². The highest BCUT2D eigenvalue weighted by atomic mass is 79.9. The van der Waals surface area contributed by atoms with E-state index in [0.29, 0.717) is 6.54 Å². The highest BCUT2D eigenvalue weighted by Gasteiger charge is 2.17. The van der Waals surface area contributed by atoms with Crippen molar-refractivity contribution in [2.24, 2.45) is 0 Å². The van der Waals surface area contributed by atoms with Gasteiger partial charge in [0.05, 0.1) is 12.7 Å². The molecule has 0 N–H and O–H groups in total. The summed E-state index contributed by atoms with van der Waals surface area (Å²) in [6, 6.07) is 5.22. The van der Waals surface area contributed by atoms with Crippen LogP contribution in [0.2, 0.25) is 0 Å². The van der Waals surface area contributed by atoms with E-state index >= 15 is 0 Å². The van der Waals surface area contributed by atoms with Gasteiger partial charge in [-0.25, -0.2) is 4.39 Å². The number of nitrogens with zero attached hydrogens (tertiary/aromatic N) is 1. The van der Waals surface area contributed by atoms with Gasteiger partial charge in [-0.1, -0.05) is 22.0 Å². The van der Waals surface area contributed by atoms with Crippen LogP contribution in [0.4, 0.5) is 4.39 Å². The Morgan fingerprint density at radius 1 is 1.56 bits per heavy atom. The van der Waals surface area contributed by atoms with Crippen molar-refractivity contribution in [3.8, 4) is 0 Å². The molecule has 4 heteroatoms. The van der Waals surface area contributed by atoms with Gasteiger partial charge in [-0.2, -0.15) is 0 Å². The number of ether oxygens (including phenoxy) is 1. The van der Waals surface area contributed by atoms with Gasteiger partial charge < -0.3 is 4.74 Å². The maximum Gasteiger partial charge on any atom is 0.128 e. The van der Waals surface area contributed by atoms with Crippen LogP contribution < -0.4 is 0 Å². The number of halogens is 2. The summed E-state index contributed by atoms with van der Waals surface area (Å²) in [5, 5.41) is 0. The minimum Gasteiger partial charge on any atom is -0.376 e. The molecule has 1 heterocycles. The molecule has 0 radical (unpaired) electrons. The fourth-order valence-corrected chi connectivity index (χ4v) is 2.26. The third-order valence-electron chi connectivity index (χ3n) is 2.73. The van der Waals surface area contributed by atoms with Gasteiger partial charge in [0.2, 0.25) is 0 Å². The smallest absolute Gasteiger partial charge is 0.128 e. The average molecular weight is 288 g/mol. The van der Waals surface area contributed by atoms with Crippen LogP contribution in [-0.2, 0) is 11.3 Å². The molecule has 16 heavy (non-hydrogen) atoms. The van der Waals surface area contributed by atoms with Crippen molar-refractivity contribution in [3.63, 3.8) is 0 Å². The fraction of sp³-hybridized carbons (Fsp3) is 0.500. The van der Waals surface area contributed by atoms with Crippen LogP contribution in [0.25, 0.3) is 0 Å². The lowest BCUT2D eigenvalue weighted by atomic mass is 10.2. The molecule has 88 valence electrons. The molecule has 1 atom stereocenters. The molecule has 1 aromatic rings. The maximum absolute atomic E-state index is 13.6. The van der Waals surface area contributed by atoms with Crippen LogP contribution in [0, 0.1) is 5.82 Å². The van der Waals surface area contributed by atoms with Gasteiger partial charge in [-0.3, -0.25) is 4.90 Å². The first-order chi connectivity index (χ1) is 7.65. The Morgan fingerprint density at radius 3 is 3.06 bits per heavy atom. The molecule has 0 aliphatic carbocycles. The quantitative estimate of drug-likeness (QED) is 0.829. The second-order valence-corrected chi connectivity index (χ2v) is 5.07. The van der Waals surface area contributed by atoms with Gasteiger partial charge in [0.1, 0.15) is 5.82 Å². The molecule has 1 aliphatic heterocycles. The van der Waals surface area contributed by atoms with Crippen molar-refractivity contribution >= 4 is 15.9 Å². The summed E-state index contributed by atoms with van der Waals surface area (Å²) in [7, 11) is 0. The molecule has 0 amide bonds. The summed E-state index contributed by atoms with van der Waals surface area (Å²) < 4.78 is 19.8. The Hall–Kier alpha value is -0.450. The Balaban J connectivity index is 2.02.